The van der Waals surface area contributed by atoms with Crippen molar-refractivity contribution >= 4 is 28.1 Å². The molecule has 2 aromatic rings. The lowest BCUT2D eigenvalue weighted by atomic mass is 9.97. The van der Waals surface area contributed by atoms with E-state index in [1.807, 2.05) is 51.1 Å². The number of benzene rings is 1. The Bertz CT molecular complexity index is 1030. The van der Waals surface area contributed by atoms with Crippen LogP contribution in [-0.2, 0) is 14.8 Å². The minimum atomic E-state index is -3.77. The maximum Gasteiger partial charge on any atom is 0.248 e. The normalized spacial score (nSPS) is 17.2. The van der Waals surface area contributed by atoms with Gasteiger partial charge in [0.25, 0.3) is 0 Å². The quantitative estimate of drug-likeness (QED) is 0.700. The van der Waals surface area contributed by atoms with Gasteiger partial charge in [-0.25, -0.2) is 8.42 Å². The highest BCUT2D eigenvalue weighted by Crippen LogP contribution is 2.29. The van der Waals surface area contributed by atoms with Crippen LogP contribution in [0.15, 0.2) is 33.7 Å². The number of hydrogen-bond donors (Lipinski definition) is 1. The molecular formula is C23H31N3O4S. The van der Waals surface area contributed by atoms with Crippen molar-refractivity contribution in [1.29, 1.82) is 0 Å². The molecule has 0 aliphatic carbocycles. The van der Waals surface area contributed by atoms with Crippen LogP contribution in [0.4, 0.5) is 0 Å². The number of sulfonamides is 1. The Morgan fingerprint density at radius 2 is 1.87 bits per heavy atom. The molecule has 1 atom stereocenters. The molecule has 0 spiro atoms. The molecule has 8 heteroatoms. The second-order valence-electron chi connectivity index (χ2n) is 8.20. The van der Waals surface area contributed by atoms with E-state index in [-0.39, 0.29) is 28.5 Å². The van der Waals surface area contributed by atoms with Crippen LogP contribution in [0, 0.1) is 19.8 Å². The van der Waals surface area contributed by atoms with Crippen molar-refractivity contribution in [1.82, 2.24) is 14.8 Å². The first-order valence-electron chi connectivity index (χ1n) is 10.7. The molecule has 1 N–H and O–H groups in total. The summed E-state index contributed by atoms with van der Waals surface area (Å²) in [6.45, 7) is 8.23. The molecule has 1 amide bonds. The summed E-state index contributed by atoms with van der Waals surface area (Å²) < 4.78 is 33.4. The highest BCUT2D eigenvalue weighted by molar-refractivity contribution is 7.89. The summed E-state index contributed by atoms with van der Waals surface area (Å²) in [5, 5.41) is 6.89. The summed E-state index contributed by atoms with van der Waals surface area (Å²) in [4.78, 5) is 12.5. The van der Waals surface area contributed by atoms with Crippen LogP contribution in [0.5, 0.6) is 0 Å². The van der Waals surface area contributed by atoms with Gasteiger partial charge >= 0.3 is 0 Å². The van der Waals surface area contributed by atoms with Crippen LogP contribution in [0.2, 0.25) is 0 Å². The van der Waals surface area contributed by atoms with E-state index in [1.165, 1.54) is 4.31 Å². The summed E-state index contributed by atoms with van der Waals surface area (Å²) in [5.74, 6) is 0.0638. The second-order valence-corrected chi connectivity index (χ2v) is 10.1. The molecule has 1 aromatic carbocycles. The highest BCUT2D eigenvalue weighted by atomic mass is 32.2. The predicted octanol–water partition coefficient (Wildman–Crippen LogP) is 3.78. The smallest absolute Gasteiger partial charge is 0.248 e. The molecule has 1 saturated heterocycles. The zero-order chi connectivity index (χ0) is 22.6. The maximum atomic E-state index is 13.3. The van der Waals surface area contributed by atoms with E-state index >= 15 is 0 Å². The van der Waals surface area contributed by atoms with Crippen LogP contribution < -0.4 is 5.32 Å². The monoisotopic (exact) mass is 445 g/mol. The highest BCUT2D eigenvalue weighted by Gasteiger charge is 2.36. The summed E-state index contributed by atoms with van der Waals surface area (Å²) in [6.07, 6.45) is 5.32. The number of aryl methyl sites for hydroxylation is 2. The van der Waals surface area contributed by atoms with Crippen LogP contribution in [0.1, 0.15) is 55.7 Å². The van der Waals surface area contributed by atoms with Crippen molar-refractivity contribution in [3.05, 3.63) is 46.8 Å². The van der Waals surface area contributed by atoms with Gasteiger partial charge in [0.15, 0.2) is 10.7 Å². The predicted molar refractivity (Wildman–Crippen MR) is 121 cm³/mol. The number of amides is 1. The number of aromatic nitrogens is 1. The van der Waals surface area contributed by atoms with Gasteiger partial charge in [-0.05, 0) is 51.7 Å². The fourth-order valence-corrected chi connectivity index (χ4v) is 5.32. The number of carbonyl (C=O) groups is 1. The van der Waals surface area contributed by atoms with Crippen LogP contribution in [0.3, 0.4) is 0 Å². The molecule has 1 aliphatic rings. The Morgan fingerprint density at radius 1 is 1.23 bits per heavy atom. The van der Waals surface area contributed by atoms with Crippen molar-refractivity contribution in [2.75, 3.05) is 13.1 Å². The number of hydrogen-bond acceptors (Lipinski definition) is 5. The Labute approximate surface area is 184 Å². The Hall–Kier alpha value is -2.45. The third-order valence-corrected chi connectivity index (χ3v) is 7.82. The summed E-state index contributed by atoms with van der Waals surface area (Å²) in [5.41, 5.74) is 2.42. The van der Waals surface area contributed by atoms with E-state index in [0.717, 1.165) is 17.5 Å². The van der Waals surface area contributed by atoms with Gasteiger partial charge in [-0.3, -0.25) is 4.79 Å². The van der Waals surface area contributed by atoms with E-state index in [0.29, 0.717) is 31.6 Å². The minimum Gasteiger partial charge on any atom is -0.355 e. The van der Waals surface area contributed by atoms with Gasteiger partial charge in [-0.2, -0.15) is 4.31 Å². The van der Waals surface area contributed by atoms with E-state index in [9.17, 15) is 13.2 Å². The Morgan fingerprint density at radius 3 is 2.48 bits per heavy atom. The molecule has 7 nitrogen and oxygen atoms in total. The fourth-order valence-electron chi connectivity index (χ4n) is 3.60. The first-order valence-corrected chi connectivity index (χ1v) is 12.2. The van der Waals surface area contributed by atoms with Gasteiger partial charge in [-0.15, -0.1) is 0 Å². The van der Waals surface area contributed by atoms with Crippen molar-refractivity contribution in [3.8, 4) is 0 Å². The number of nitrogens with one attached hydrogen (secondary N) is 1. The fraction of sp³-hybridized carbons (Fsp3) is 0.478. The standard InChI is InChI=1S/C23H31N3O4S/c1-5-17(3)24-23(27)20-12-14-26(15-13-20)31(28,29)22-18(4)25-30-21(22)11-10-19-8-6-16(2)7-9-19/h6-11,17,20H,5,12-15H2,1-4H3,(H,24,27)/b11-10+. The van der Waals surface area contributed by atoms with Gasteiger partial charge in [0, 0.05) is 25.0 Å². The topological polar surface area (TPSA) is 92.5 Å². The molecule has 0 saturated carbocycles. The van der Waals surface area contributed by atoms with Crippen molar-refractivity contribution in [2.24, 2.45) is 5.92 Å². The maximum absolute atomic E-state index is 13.3. The van der Waals surface area contributed by atoms with Gasteiger partial charge < -0.3 is 9.84 Å². The minimum absolute atomic E-state index is 0.00859. The Balaban J connectivity index is 1.73. The first kappa shape index (κ1) is 23.2. The molecule has 0 radical (unpaired) electrons. The SMILES string of the molecule is CCC(C)NC(=O)C1CCN(S(=O)(=O)c2c(C)noc2/C=C/c2ccc(C)cc2)CC1. The molecule has 0 bridgehead atoms. The van der Waals surface area contributed by atoms with E-state index in [1.54, 1.807) is 13.0 Å². The third-order valence-electron chi connectivity index (χ3n) is 5.76. The zero-order valence-corrected chi connectivity index (χ0v) is 19.4. The third kappa shape index (κ3) is 5.43. The lowest BCUT2D eigenvalue weighted by Gasteiger charge is -2.31. The molecule has 1 aromatic heterocycles. The van der Waals surface area contributed by atoms with E-state index < -0.39 is 10.0 Å². The van der Waals surface area contributed by atoms with Gasteiger partial charge in [-0.1, -0.05) is 48.0 Å². The number of nitrogens with zero attached hydrogens (tertiary/aromatic N) is 2. The summed E-state index contributed by atoms with van der Waals surface area (Å²) in [7, 11) is -3.77. The lowest BCUT2D eigenvalue weighted by molar-refractivity contribution is -0.126. The second kappa shape index (κ2) is 9.78. The molecule has 1 unspecified atom stereocenters. The zero-order valence-electron chi connectivity index (χ0n) is 18.6. The molecule has 2 heterocycles. The van der Waals surface area contributed by atoms with Crippen LogP contribution in [0.25, 0.3) is 12.2 Å². The van der Waals surface area contributed by atoms with Gasteiger partial charge in [0.05, 0.1) is 0 Å². The molecule has 31 heavy (non-hydrogen) atoms. The molecule has 1 aliphatic heterocycles. The van der Waals surface area contributed by atoms with Crippen LogP contribution >= 0.6 is 0 Å². The number of carbonyl (C=O) groups excluding carboxylic acids is 1. The summed E-state index contributed by atoms with van der Waals surface area (Å²) in [6, 6.07) is 8.02. The molecule has 1 fully saturated rings. The average Bonchev–Trinajstić information content (AvgIpc) is 3.14. The summed E-state index contributed by atoms with van der Waals surface area (Å²) >= 11 is 0. The molecule has 168 valence electrons. The van der Waals surface area contributed by atoms with Crippen molar-refractivity contribution in [3.63, 3.8) is 0 Å². The first-order chi connectivity index (χ1) is 14.7. The lowest BCUT2D eigenvalue weighted by Crippen LogP contribution is -2.44. The number of rotatable bonds is 7. The van der Waals surface area contributed by atoms with Crippen molar-refractivity contribution in [2.45, 2.75) is 57.9 Å². The van der Waals surface area contributed by atoms with Crippen LogP contribution in [-0.4, -0.2) is 42.9 Å². The van der Waals surface area contributed by atoms with E-state index in [4.69, 9.17) is 4.52 Å². The molecule has 3 rings (SSSR count). The largest absolute Gasteiger partial charge is 0.355 e. The average molecular weight is 446 g/mol. The van der Waals surface area contributed by atoms with Gasteiger partial charge in [0.2, 0.25) is 15.9 Å². The van der Waals surface area contributed by atoms with Gasteiger partial charge in [0.1, 0.15) is 5.69 Å². The van der Waals surface area contributed by atoms with E-state index in [2.05, 4.69) is 10.5 Å². The van der Waals surface area contributed by atoms with Crippen molar-refractivity contribution < 1.29 is 17.7 Å². The molecular weight excluding hydrogens is 414 g/mol. The Kier molecular flexibility index (Phi) is 7.33. The number of piperidine rings is 1.